The van der Waals surface area contributed by atoms with Gasteiger partial charge >= 0.3 is 0 Å². The first-order valence-electron chi connectivity index (χ1n) is 4.84. The largest absolute Gasteiger partial charge is 0.416 e. The quantitative estimate of drug-likeness (QED) is 0.594. The van der Waals surface area contributed by atoms with Gasteiger partial charge in [-0.1, -0.05) is 13.8 Å². The minimum atomic E-state index is -1.28. The Morgan fingerprint density at radius 3 is 2.25 bits per heavy atom. The maximum absolute atomic E-state index is 5.85. The van der Waals surface area contributed by atoms with E-state index in [0.29, 0.717) is 0 Å². The van der Waals surface area contributed by atoms with Crippen LogP contribution in [0.25, 0.3) is 0 Å². The molecule has 0 N–H and O–H groups in total. The molecule has 0 spiro atoms. The van der Waals surface area contributed by atoms with Gasteiger partial charge in [0, 0.05) is 13.2 Å². The van der Waals surface area contributed by atoms with Crippen LogP contribution in [0, 0.1) is 0 Å². The summed E-state index contributed by atoms with van der Waals surface area (Å²) < 4.78 is 5.85. The predicted octanol–water partition coefficient (Wildman–Crippen LogP) is 2.18. The highest BCUT2D eigenvalue weighted by Gasteiger charge is 2.18. The molecule has 0 aliphatic heterocycles. The van der Waals surface area contributed by atoms with E-state index < -0.39 is 8.32 Å². The Kier molecular flexibility index (Phi) is 5.79. The van der Waals surface area contributed by atoms with Crippen LogP contribution in [-0.4, -0.2) is 40.0 Å². The first-order chi connectivity index (χ1) is 5.52. The zero-order valence-corrected chi connectivity index (χ0v) is 10.2. The second-order valence-electron chi connectivity index (χ2n) is 3.86. The SMILES string of the molecule is CCN(C)CCO[Si](C)(C)CC. The van der Waals surface area contributed by atoms with Gasteiger partial charge in [-0.3, -0.25) is 0 Å². The van der Waals surface area contributed by atoms with Crippen molar-refractivity contribution >= 4 is 8.32 Å². The van der Waals surface area contributed by atoms with Crippen LogP contribution in [0.15, 0.2) is 0 Å². The maximum Gasteiger partial charge on any atom is 0.186 e. The zero-order chi connectivity index (χ0) is 9.61. The number of nitrogens with zero attached hydrogens (tertiary/aromatic N) is 1. The summed E-state index contributed by atoms with van der Waals surface area (Å²) >= 11 is 0. The van der Waals surface area contributed by atoms with Crippen LogP contribution < -0.4 is 0 Å². The molecule has 0 atom stereocenters. The number of hydrogen-bond acceptors (Lipinski definition) is 2. The molecule has 0 rings (SSSR count). The van der Waals surface area contributed by atoms with E-state index in [1.165, 1.54) is 6.04 Å². The van der Waals surface area contributed by atoms with Crippen molar-refractivity contribution < 1.29 is 4.43 Å². The van der Waals surface area contributed by atoms with Crippen molar-refractivity contribution in [1.29, 1.82) is 0 Å². The summed E-state index contributed by atoms with van der Waals surface area (Å²) in [5.41, 5.74) is 0. The number of hydrogen-bond donors (Lipinski definition) is 0. The van der Waals surface area contributed by atoms with Gasteiger partial charge < -0.3 is 9.33 Å². The van der Waals surface area contributed by atoms with E-state index in [4.69, 9.17) is 4.43 Å². The van der Waals surface area contributed by atoms with Gasteiger partial charge in [-0.25, -0.2) is 0 Å². The Labute approximate surface area is 78.0 Å². The fraction of sp³-hybridized carbons (Fsp3) is 1.00. The van der Waals surface area contributed by atoms with Crippen molar-refractivity contribution in [2.75, 3.05) is 26.7 Å². The molecule has 0 aliphatic rings. The van der Waals surface area contributed by atoms with E-state index in [0.717, 1.165) is 19.7 Å². The van der Waals surface area contributed by atoms with E-state index in [-0.39, 0.29) is 0 Å². The maximum atomic E-state index is 5.85. The van der Waals surface area contributed by atoms with E-state index in [9.17, 15) is 0 Å². The monoisotopic (exact) mass is 189 g/mol. The zero-order valence-electron chi connectivity index (χ0n) is 9.18. The fourth-order valence-corrected chi connectivity index (χ4v) is 1.59. The molecule has 0 aromatic rings. The molecule has 0 radical (unpaired) electrons. The van der Waals surface area contributed by atoms with E-state index in [2.05, 4.69) is 38.9 Å². The third kappa shape index (κ3) is 5.74. The molecule has 0 saturated carbocycles. The predicted molar refractivity (Wildman–Crippen MR) is 57.1 cm³/mol. The van der Waals surface area contributed by atoms with Gasteiger partial charge in [0.2, 0.25) is 0 Å². The Hall–Kier alpha value is 0.137. The molecule has 0 saturated heterocycles. The summed E-state index contributed by atoms with van der Waals surface area (Å²) in [7, 11) is 0.845. The van der Waals surface area contributed by atoms with Gasteiger partial charge in [0.05, 0.1) is 0 Å². The molecule has 3 heteroatoms. The highest BCUT2D eigenvalue weighted by Crippen LogP contribution is 2.09. The van der Waals surface area contributed by atoms with E-state index in [1.807, 2.05) is 0 Å². The summed E-state index contributed by atoms with van der Waals surface area (Å²) in [5.74, 6) is 0. The van der Waals surface area contributed by atoms with E-state index >= 15 is 0 Å². The molecule has 0 heterocycles. The van der Waals surface area contributed by atoms with Crippen LogP contribution in [0.1, 0.15) is 13.8 Å². The number of rotatable bonds is 6. The first kappa shape index (κ1) is 12.1. The summed E-state index contributed by atoms with van der Waals surface area (Å²) in [6, 6.07) is 1.21. The standard InChI is InChI=1S/C9H23NOSi/c1-6-10(3)8-9-11-12(4,5)7-2/h6-9H2,1-5H3. The third-order valence-corrected chi connectivity index (χ3v) is 5.05. The normalized spacial score (nSPS) is 12.5. The molecule has 0 unspecified atom stereocenters. The molecule has 74 valence electrons. The number of likely N-dealkylation sites (N-methyl/N-ethyl adjacent to an activating group) is 1. The lowest BCUT2D eigenvalue weighted by Gasteiger charge is -2.22. The molecule has 0 aliphatic carbocycles. The minimum Gasteiger partial charge on any atom is -0.416 e. The van der Waals surface area contributed by atoms with Crippen LogP contribution in [0.3, 0.4) is 0 Å². The summed E-state index contributed by atoms with van der Waals surface area (Å²) in [6.07, 6.45) is 0. The van der Waals surface area contributed by atoms with Gasteiger partial charge in [-0.2, -0.15) is 0 Å². The van der Waals surface area contributed by atoms with Crippen LogP contribution in [0.5, 0.6) is 0 Å². The minimum absolute atomic E-state index is 0.900. The Balaban J connectivity index is 3.42. The summed E-state index contributed by atoms with van der Waals surface area (Å²) in [4.78, 5) is 2.28. The molecule has 0 aromatic carbocycles. The van der Waals surface area contributed by atoms with Crippen molar-refractivity contribution in [3.63, 3.8) is 0 Å². The molecule has 0 bridgehead atoms. The van der Waals surface area contributed by atoms with Gasteiger partial charge in [-0.15, -0.1) is 0 Å². The van der Waals surface area contributed by atoms with Crippen molar-refractivity contribution in [1.82, 2.24) is 4.90 Å². The molecular formula is C9H23NOSi. The smallest absolute Gasteiger partial charge is 0.186 e. The Morgan fingerprint density at radius 2 is 1.83 bits per heavy atom. The lowest BCUT2D eigenvalue weighted by Crippen LogP contribution is -2.33. The average molecular weight is 189 g/mol. The van der Waals surface area contributed by atoms with Crippen molar-refractivity contribution in [2.45, 2.75) is 33.0 Å². The lowest BCUT2D eigenvalue weighted by molar-refractivity contribution is 0.237. The first-order valence-corrected chi connectivity index (χ1v) is 7.96. The van der Waals surface area contributed by atoms with Crippen LogP contribution in [-0.2, 0) is 4.43 Å². The van der Waals surface area contributed by atoms with Crippen molar-refractivity contribution in [2.24, 2.45) is 0 Å². The molecular weight excluding hydrogens is 166 g/mol. The highest BCUT2D eigenvalue weighted by molar-refractivity contribution is 6.71. The van der Waals surface area contributed by atoms with Gasteiger partial charge in [0.25, 0.3) is 0 Å². The molecule has 0 fully saturated rings. The average Bonchev–Trinajstić information content (AvgIpc) is 2.04. The van der Waals surface area contributed by atoms with Crippen LogP contribution in [0.2, 0.25) is 19.1 Å². The second-order valence-corrected chi connectivity index (χ2v) is 8.37. The molecule has 12 heavy (non-hydrogen) atoms. The Bertz CT molecular complexity index is 117. The third-order valence-electron chi connectivity index (χ3n) is 2.36. The van der Waals surface area contributed by atoms with Crippen molar-refractivity contribution in [3.05, 3.63) is 0 Å². The van der Waals surface area contributed by atoms with E-state index in [1.54, 1.807) is 0 Å². The summed E-state index contributed by atoms with van der Waals surface area (Å²) in [6.45, 7) is 12.0. The van der Waals surface area contributed by atoms with Crippen LogP contribution >= 0.6 is 0 Å². The van der Waals surface area contributed by atoms with Gasteiger partial charge in [0.15, 0.2) is 8.32 Å². The summed E-state index contributed by atoms with van der Waals surface area (Å²) in [5, 5.41) is 0. The Morgan fingerprint density at radius 1 is 1.25 bits per heavy atom. The van der Waals surface area contributed by atoms with Gasteiger partial charge in [0.1, 0.15) is 0 Å². The fourth-order valence-electron chi connectivity index (χ4n) is 0.738. The highest BCUT2D eigenvalue weighted by atomic mass is 28.4. The van der Waals surface area contributed by atoms with Crippen molar-refractivity contribution in [3.8, 4) is 0 Å². The second kappa shape index (κ2) is 5.73. The molecule has 0 amide bonds. The lowest BCUT2D eigenvalue weighted by atomic mass is 10.6. The molecule has 2 nitrogen and oxygen atoms in total. The topological polar surface area (TPSA) is 12.5 Å². The molecule has 0 aromatic heterocycles. The van der Waals surface area contributed by atoms with Gasteiger partial charge in [-0.05, 0) is 32.7 Å². The van der Waals surface area contributed by atoms with Crippen LogP contribution in [0.4, 0.5) is 0 Å².